The molecule has 0 saturated heterocycles. The summed E-state index contributed by atoms with van der Waals surface area (Å²) >= 11 is 0. The van der Waals surface area contributed by atoms with Gasteiger partial charge in [0.2, 0.25) is 0 Å². The van der Waals surface area contributed by atoms with Crippen LogP contribution in [0.4, 0.5) is 0 Å². The molecule has 8 atom stereocenters. The maximum Gasteiger partial charge on any atom is 0.303 e. The molecule has 1 fully saturated rings. The van der Waals surface area contributed by atoms with Crippen molar-refractivity contribution in [3.8, 4) is 0 Å². The molecule has 0 amide bonds. The molecule has 0 aromatic carbocycles. The molecule has 0 aromatic heterocycles. The van der Waals surface area contributed by atoms with E-state index in [9.17, 15) is 24.6 Å². The Hall–Kier alpha value is -2.11. The Morgan fingerprint density at radius 1 is 0.400 bits per heavy atom. The summed E-state index contributed by atoms with van der Waals surface area (Å²) in [6.07, 6.45) is 51.2. The number of fused-ring (bicyclic) bond motifs is 1. The molecular formula is C54H96O6. The first kappa shape index (κ1) is 54.0. The monoisotopic (exact) mass is 841 g/mol. The summed E-state index contributed by atoms with van der Waals surface area (Å²) in [7, 11) is 0. The van der Waals surface area contributed by atoms with Crippen molar-refractivity contribution in [1.29, 1.82) is 0 Å². The van der Waals surface area contributed by atoms with Gasteiger partial charge in [0.25, 0.3) is 0 Å². The van der Waals surface area contributed by atoms with Crippen LogP contribution in [-0.2, 0) is 14.4 Å². The summed E-state index contributed by atoms with van der Waals surface area (Å²) in [6.45, 7) is 6.97. The van der Waals surface area contributed by atoms with Gasteiger partial charge >= 0.3 is 17.9 Å². The average Bonchev–Trinajstić information content (AvgIpc) is 3.22. The highest BCUT2D eigenvalue weighted by molar-refractivity contribution is 5.67. The number of carboxylic acid groups (broad SMARTS) is 3. The summed E-state index contributed by atoms with van der Waals surface area (Å²) in [6, 6.07) is 0. The van der Waals surface area contributed by atoms with Crippen LogP contribution >= 0.6 is 0 Å². The molecule has 2 rings (SSSR count). The number of hydrogen-bond acceptors (Lipinski definition) is 3. The lowest BCUT2D eigenvalue weighted by Gasteiger charge is -2.58. The van der Waals surface area contributed by atoms with Gasteiger partial charge < -0.3 is 15.3 Å². The van der Waals surface area contributed by atoms with Gasteiger partial charge in [0.1, 0.15) is 0 Å². The fourth-order valence-corrected chi connectivity index (χ4v) is 11.6. The second-order valence-corrected chi connectivity index (χ2v) is 19.5. The summed E-state index contributed by atoms with van der Waals surface area (Å²) in [5.41, 5.74) is 0. The number of carboxylic acids is 3. The van der Waals surface area contributed by atoms with E-state index in [0.717, 1.165) is 63.7 Å². The van der Waals surface area contributed by atoms with Gasteiger partial charge in [-0.1, -0.05) is 193 Å². The van der Waals surface area contributed by atoms with E-state index < -0.39 is 17.9 Å². The van der Waals surface area contributed by atoms with Gasteiger partial charge in [-0.25, -0.2) is 0 Å². The zero-order valence-corrected chi connectivity index (χ0v) is 39.5. The van der Waals surface area contributed by atoms with E-state index in [2.05, 4.69) is 45.1 Å². The highest BCUT2D eigenvalue weighted by atomic mass is 16.4. The second-order valence-electron chi connectivity index (χ2n) is 19.5. The summed E-state index contributed by atoms with van der Waals surface area (Å²) in [4.78, 5) is 33.5. The van der Waals surface area contributed by atoms with Gasteiger partial charge in [0.05, 0.1) is 0 Å². The van der Waals surface area contributed by atoms with Crippen LogP contribution in [0.15, 0.2) is 24.3 Å². The molecule has 60 heavy (non-hydrogen) atoms. The number of carbonyl (C=O) groups is 3. The first-order valence-electron chi connectivity index (χ1n) is 26.2. The van der Waals surface area contributed by atoms with E-state index >= 15 is 0 Å². The zero-order chi connectivity index (χ0) is 43.6. The standard InChI is InChI=1S/C54H96O6/c1-4-7-10-13-18-27-35-46-47(36-28-19-15-22-31-40-51(57)58)49(38-29-20-16-23-32-41-52(59)60)54-45(34-25-17-14-21-30-39-50(55)56)43-42-44(33-24-11-8-5-2)53(54)48(46)37-26-12-9-6-3/h27,35,42-49,53-54H,4-26,28-34,36-41H2,1-3H3,(H,55,56)(H,57,58)(H,59,60)/b35-27+. The van der Waals surface area contributed by atoms with Gasteiger partial charge in [-0.05, 0) is 112 Å². The molecule has 0 heterocycles. The third-order valence-corrected chi connectivity index (χ3v) is 14.7. The zero-order valence-electron chi connectivity index (χ0n) is 39.5. The van der Waals surface area contributed by atoms with E-state index in [-0.39, 0.29) is 19.3 Å². The summed E-state index contributed by atoms with van der Waals surface area (Å²) in [5, 5.41) is 27.6. The minimum atomic E-state index is -0.678. The number of allylic oxidation sites excluding steroid dienone is 4. The van der Waals surface area contributed by atoms with Crippen LogP contribution in [0.5, 0.6) is 0 Å². The highest BCUT2D eigenvalue weighted by Gasteiger charge is 2.53. The van der Waals surface area contributed by atoms with Crippen LogP contribution < -0.4 is 0 Å². The van der Waals surface area contributed by atoms with Gasteiger partial charge in [-0.2, -0.15) is 0 Å². The van der Waals surface area contributed by atoms with Crippen LogP contribution in [-0.4, -0.2) is 33.2 Å². The molecule has 3 N–H and O–H groups in total. The minimum absolute atomic E-state index is 0.282. The van der Waals surface area contributed by atoms with E-state index in [0.29, 0.717) is 41.4 Å². The predicted octanol–water partition coefficient (Wildman–Crippen LogP) is 16.4. The number of rotatable bonds is 40. The van der Waals surface area contributed by atoms with Crippen molar-refractivity contribution in [2.45, 2.75) is 252 Å². The van der Waals surface area contributed by atoms with Crippen molar-refractivity contribution < 1.29 is 29.7 Å². The number of unbranched alkanes of at least 4 members (excludes halogenated alkanes) is 22. The number of hydrogen-bond donors (Lipinski definition) is 3. The Morgan fingerprint density at radius 2 is 0.733 bits per heavy atom. The molecule has 348 valence electrons. The smallest absolute Gasteiger partial charge is 0.303 e. The molecule has 0 aromatic rings. The van der Waals surface area contributed by atoms with Crippen LogP contribution in [0, 0.1) is 47.3 Å². The maximum atomic E-state index is 11.2. The molecule has 2 aliphatic rings. The third-order valence-electron chi connectivity index (χ3n) is 14.7. The Kier molecular flexibility index (Phi) is 31.8. The largest absolute Gasteiger partial charge is 0.481 e. The quantitative estimate of drug-likeness (QED) is 0.0418. The van der Waals surface area contributed by atoms with E-state index in [1.165, 1.54) is 154 Å². The Balaban J connectivity index is 2.55. The second kappa shape index (κ2) is 35.4. The van der Waals surface area contributed by atoms with Crippen molar-refractivity contribution >= 4 is 17.9 Å². The summed E-state index contributed by atoms with van der Waals surface area (Å²) < 4.78 is 0. The molecule has 2 aliphatic carbocycles. The van der Waals surface area contributed by atoms with Crippen molar-refractivity contribution in [2.75, 3.05) is 0 Å². The van der Waals surface area contributed by atoms with Crippen LogP contribution in [0.2, 0.25) is 0 Å². The Bertz CT molecular complexity index is 1140. The Morgan fingerprint density at radius 3 is 1.17 bits per heavy atom. The predicted molar refractivity (Wildman–Crippen MR) is 252 cm³/mol. The highest BCUT2D eigenvalue weighted by Crippen LogP contribution is 2.59. The fraction of sp³-hybridized carbons (Fsp3) is 0.870. The molecule has 0 bridgehead atoms. The molecule has 0 radical (unpaired) electrons. The van der Waals surface area contributed by atoms with Gasteiger partial charge in [-0.15, -0.1) is 0 Å². The molecule has 8 unspecified atom stereocenters. The fourth-order valence-electron chi connectivity index (χ4n) is 11.6. The van der Waals surface area contributed by atoms with E-state index in [1.807, 2.05) is 0 Å². The minimum Gasteiger partial charge on any atom is -0.481 e. The first-order valence-corrected chi connectivity index (χ1v) is 26.2. The average molecular weight is 841 g/mol. The SMILES string of the molecule is CCCCCC/C=C/C1C(CCCCCCCC(=O)O)C(CCCCCCCC(=O)O)C2C(CCCCCCCC(=O)O)C=CC(CCCCCC)C2C1CCCCCC. The summed E-state index contributed by atoms with van der Waals surface area (Å²) in [5.74, 6) is 3.35. The van der Waals surface area contributed by atoms with Crippen LogP contribution in [0.1, 0.15) is 252 Å². The van der Waals surface area contributed by atoms with Crippen molar-refractivity contribution in [2.24, 2.45) is 47.3 Å². The normalized spacial score (nSPS) is 23.9. The van der Waals surface area contributed by atoms with Crippen molar-refractivity contribution in [3.05, 3.63) is 24.3 Å². The van der Waals surface area contributed by atoms with Crippen molar-refractivity contribution in [3.63, 3.8) is 0 Å². The molecule has 1 saturated carbocycles. The molecule has 0 aliphatic heterocycles. The molecule has 6 heteroatoms. The lowest BCUT2D eigenvalue weighted by Crippen LogP contribution is -2.52. The molecular weight excluding hydrogens is 745 g/mol. The third kappa shape index (κ3) is 23.4. The van der Waals surface area contributed by atoms with E-state index in [4.69, 9.17) is 5.11 Å². The maximum absolute atomic E-state index is 11.2. The van der Waals surface area contributed by atoms with Gasteiger partial charge in [-0.3, -0.25) is 14.4 Å². The molecule has 0 spiro atoms. The lowest BCUT2D eigenvalue weighted by atomic mass is 9.47. The van der Waals surface area contributed by atoms with Crippen LogP contribution in [0.3, 0.4) is 0 Å². The number of aliphatic carboxylic acids is 3. The first-order chi connectivity index (χ1) is 29.2. The molecule has 6 nitrogen and oxygen atoms in total. The lowest BCUT2D eigenvalue weighted by molar-refractivity contribution is -0.138. The van der Waals surface area contributed by atoms with E-state index in [1.54, 1.807) is 0 Å². The van der Waals surface area contributed by atoms with Crippen molar-refractivity contribution in [1.82, 2.24) is 0 Å². The van der Waals surface area contributed by atoms with Gasteiger partial charge in [0, 0.05) is 19.3 Å². The van der Waals surface area contributed by atoms with Crippen LogP contribution in [0.25, 0.3) is 0 Å². The topological polar surface area (TPSA) is 112 Å². The van der Waals surface area contributed by atoms with Gasteiger partial charge in [0.15, 0.2) is 0 Å². The Labute approximate surface area is 370 Å².